The van der Waals surface area contributed by atoms with E-state index in [0.717, 1.165) is 38.2 Å². The van der Waals surface area contributed by atoms with Gasteiger partial charge in [0, 0.05) is 32.6 Å². The number of hydrogen-bond acceptors (Lipinski definition) is 3. The van der Waals surface area contributed by atoms with Crippen LogP contribution < -0.4 is 10.1 Å². The van der Waals surface area contributed by atoms with Crippen LogP contribution >= 0.6 is 0 Å². The second kappa shape index (κ2) is 7.87. The number of amides is 1. The van der Waals surface area contributed by atoms with Gasteiger partial charge in [-0.05, 0) is 46.9 Å². The molecule has 1 aliphatic heterocycles. The number of fused-ring (bicyclic) bond motifs is 1. The fourth-order valence-corrected chi connectivity index (χ4v) is 3.76. The fraction of sp³-hybridized carbons (Fsp3) is 0.476. The summed E-state index contributed by atoms with van der Waals surface area (Å²) in [6, 6.07) is 13.2. The molecule has 2 aromatic rings. The molecule has 1 amide bonds. The molecule has 0 aliphatic carbocycles. The van der Waals surface area contributed by atoms with Crippen molar-refractivity contribution in [3.8, 4) is 5.75 Å². The van der Waals surface area contributed by atoms with Crippen molar-refractivity contribution in [2.24, 2.45) is 5.92 Å². The van der Waals surface area contributed by atoms with Crippen LogP contribution in [0.2, 0.25) is 0 Å². The first-order valence-corrected chi connectivity index (χ1v) is 9.16. The third kappa shape index (κ3) is 4.13. The van der Waals surface area contributed by atoms with E-state index in [1.165, 1.54) is 16.3 Å². The number of hydrogen-bond donors (Lipinski definition) is 1. The van der Waals surface area contributed by atoms with Crippen LogP contribution in [0.3, 0.4) is 0 Å². The van der Waals surface area contributed by atoms with Crippen LogP contribution in [-0.4, -0.2) is 37.0 Å². The maximum Gasteiger partial charge on any atom is 0.219 e. The molecule has 134 valence electrons. The first-order chi connectivity index (χ1) is 12.1. The number of nitrogens with one attached hydrogen (secondary N) is 1. The molecule has 0 bridgehead atoms. The Kier molecular flexibility index (Phi) is 5.59. The quantitative estimate of drug-likeness (QED) is 0.904. The fourth-order valence-electron chi connectivity index (χ4n) is 3.76. The average molecular weight is 340 g/mol. The summed E-state index contributed by atoms with van der Waals surface area (Å²) in [5.74, 6) is 1.62. The molecule has 0 spiro atoms. The molecule has 0 saturated carbocycles. The topological polar surface area (TPSA) is 41.6 Å². The summed E-state index contributed by atoms with van der Waals surface area (Å²) in [5, 5.41) is 6.16. The Morgan fingerprint density at radius 2 is 2.00 bits per heavy atom. The lowest BCUT2D eigenvalue weighted by Gasteiger charge is -2.38. The Morgan fingerprint density at radius 1 is 1.24 bits per heavy atom. The van der Waals surface area contributed by atoms with Crippen molar-refractivity contribution in [2.45, 2.75) is 39.3 Å². The Hall–Kier alpha value is -2.07. The Balaban J connectivity index is 1.64. The molecule has 4 nitrogen and oxygen atoms in total. The largest absolute Gasteiger partial charge is 0.497 e. The predicted octanol–water partition coefficient (Wildman–Crippen LogP) is 3.59. The van der Waals surface area contributed by atoms with Crippen molar-refractivity contribution in [3.05, 3.63) is 42.0 Å². The summed E-state index contributed by atoms with van der Waals surface area (Å²) in [4.78, 5) is 13.6. The van der Waals surface area contributed by atoms with Gasteiger partial charge in [-0.2, -0.15) is 0 Å². The molecule has 2 atom stereocenters. The number of ether oxygens (including phenoxy) is 1. The van der Waals surface area contributed by atoms with Crippen molar-refractivity contribution in [3.63, 3.8) is 0 Å². The third-order valence-corrected chi connectivity index (χ3v) is 5.38. The zero-order chi connectivity index (χ0) is 17.8. The first-order valence-electron chi connectivity index (χ1n) is 9.16. The number of methoxy groups -OCH3 is 1. The molecule has 0 unspecified atom stereocenters. The van der Waals surface area contributed by atoms with Crippen LogP contribution in [0.15, 0.2) is 36.4 Å². The minimum absolute atomic E-state index is 0.196. The van der Waals surface area contributed by atoms with Crippen molar-refractivity contribution >= 4 is 16.7 Å². The molecular weight excluding hydrogens is 312 g/mol. The number of rotatable bonds is 5. The molecule has 0 aromatic heterocycles. The third-order valence-electron chi connectivity index (χ3n) is 5.38. The van der Waals surface area contributed by atoms with Gasteiger partial charge in [-0.15, -0.1) is 0 Å². The smallest absolute Gasteiger partial charge is 0.219 e. The van der Waals surface area contributed by atoms with E-state index in [9.17, 15) is 4.79 Å². The van der Waals surface area contributed by atoms with E-state index in [1.54, 1.807) is 14.0 Å². The van der Waals surface area contributed by atoms with E-state index in [4.69, 9.17) is 4.74 Å². The lowest BCUT2D eigenvalue weighted by molar-refractivity contribution is -0.131. The van der Waals surface area contributed by atoms with E-state index in [-0.39, 0.29) is 5.91 Å². The molecule has 1 N–H and O–H groups in total. The highest BCUT2D eigenvalue weighted by molar-refractivity contribution is 5.84. The summed E-state index contributed by atoms with van der Waals surface area (Å²) in [6.07, 6.45) is 2.13. The van der Waals surface area contributed by atoms with Crippen LogP contribution in [0.25, 0.3) is 10.8 Å². The normalized spacial score (nSPS) is 20.7. The maximum atomic E-state index is 11.6. The standard InChI is InChI=1S/C21H28N2O2/c1-4-17-14-23(15(2)24)10-9-21(17)22-13-16-5-6-19-12-20(25-3)8-7-18(19)11-16/h5-8,11-12,17,21-22H,4,9-10,13-14H2,1-3H3/t17-,21-/m1/s1. The van der Waals surface area contributed by atoms with Crippen molar-refractivity contribution in [1.29, 1.82) is 0 Å². The second-order valence-electron chi connectivity index (χ2n) is 6.96. The summed E-state index contributed by atoms with van der Waals surface area (Å²) >= 11 is 0. The lowest BCUT2D eigenvalue weighted by atomic mass is 9.89. The summed E-state index contributed by atoms with van der Waals surface area (Å²) in [6.45, 7) is 6.49. The summed E-state index contributed by atoms with van der Waals surface area (Å²) < 4.78 is 5.29. The van der Waals surface area contributed by atoms with Crippen LogP contribution in [0.5, 0.6) is 5.75 Å². The number of carbonyl (C=O) groups is 1. The Labute approximate surface area is 150 Å². The zero-order valence-electron chi connectivity index (χ0n) is 15.4. The first kappa shape index (κ1) is 17.7. The van der Waals surface area contributed by atoms with Crippen molar-refractivity contribution < 1.29 is 9.53 Å². The highest BCUT2D eigenvalue weighted by Gasteiger charge is 2.28. The number of piperidine rings is 1. The van der Waals surface area contributed by atoms with Gasteiger partial charge in [0.2, 0.25) is 5.91 Å². The van der Waals surface area contributed by atoms with Crippen molar-refractivity contribution in [2.75, 3.05) is 20.2 Å². The van der Waals surface area contributed by atoms with Gasteiger partial charge in [0.1, 0.15) is 5.75 Å². The van der Waals surface area contributed by atoms with E-state index in [2.05, 4.69) is 42.6 Å². The SMILES string of the molecule is CC[C@@H]1CN(C(C)=O)CC[C@H]1NCc1ccc2cc(OC)ccc2c1. The highest BCUT2D eigenvalue weighted by atomic mass is 16.5. The van der Waals surface area contributed by atoms with Crippen molar-refractivity contribution in [1.82, 2.24) is 10.2 Å². The molecule has 3 rings (SSSR count). The Morgan fingerprint density at radius 3 is 2.72 bits per heavy atom. The van der Waals surface area contributed by atoms with E-state index >= 15 is 0 Å². The van der Waals surface area contributed by atoms with E-state index in [0.29, 0.717) is 12.0 Å². The van der Waals surface area contributed by atoms with Gasteiger partial charge in [-0.1, -0.05) is 31.5 Å². The highest BCUT2D eigenvalue weighted by Crippen LogP contribution is 2.23. The molecule has 0 radical (unpaired) electrons. The molecule has 1 aliphatic rings. The zero-order valence-corrected chi connectivity index (χ0v) is 15.4. The van der Waals surface area contributed by atoms with Gasteiger partial charge in [0.25, 0.3) is 0 Å². The summed E-state index contributed by atoms with van der Waals surface area (Å²) in [5.41, 5.74) is 1.29. The number of nitrogens with zero attached hydrogens (tertiary/aromatic N) is 1. The molecule has 4 heteroatoms. The molecule has 1 heterocycles. The number of benzene rings is 2. The lowest BCUT2D eigenvalue weighted by Crippen LogP contribution is -2.50. The monoisotopic (exact) mass is 340 g/mol. The predicted molar refractivity (Wildman–Crippen MR) is 102 cm³/mol. The molecular formula is C21H28N2O2. The van der Waals surface area contributed by atoms with E-state index < -0.39 is 0 Å². The molecule has 2 aromatic carbocycles. The van der Waals surface area contributed by atoms with E-state index in [1.807, 2.05) is 11.0 Å². The van der Waals surface area contributed by atoms with Crippen LogP contribution in [0.1, 0.15) is 32.3 Å². The average Bonchev–Trinajstić information content (AvgIpc) is 2.65. The maximum absolute atomic E-state index is 11.6. The van der Waals surface area contributed by atoms with Gasteiger partial charge in [0.05, 0.1) is 7.11 Å². The number of carbonyl (C=O) groups excluding carboxylic acids is 1. The van der Waals surface area contributed by atoms with Gasteiger partial charge in [-0.25, -0.2) is 0 Å². The minimum atomic E-state index is 0.196. The van der Waals surface area contributed by atoms with Gasteiger partial charge in [0.15, 0.2) is 0 Å². The second-order valence-corrected chi connectivity index (χ2v) is 6.96. The molecule has 1 fully saturated rings. The van der Waals surface area contributed by atoms with Gasteiger partial charge in [-0.3, -0.25) is 4.79 Å². The van der Waals surface area contributed by atoms with Gasteiger partial charge < -0.3 is 15.0 Å². The van der Waals surface area contributed by atoms with Gasteiger partial charge >= 0.3 is 0 Å². The van der Waals surface area contributed by atoms with Crippen LogP contribution in [-0.2, 0) is 11.3 Å². The van der Waals surface area contributed by atoms with Crippen LogP contribution in [0, 0.1) is 5.92 Å². The number of likely N-dealkylation sites (tertiary alicyclic amines) is 1. The Bertz CT molecular complexity index is 744. The molecule has 1 saturated heterocycles. The summed E-state index contributed by atoms with van der Waals surface area (Å²) in [7, 11) is 1.70. The van der Waals surface area contributed by atoms with Crippen LogP contribution in [0.4, 0.5) is 0 Å². The minimum Gasteiger partial charge on any atom is -0.497 e. The molecule has 25 heavy (non-hydrogen) atoms.